The maximum absolute atomic E-state index is 10.7. The van der Waals surface area contributed by atoms with Gasteiger partial charge in [-0.25, -0.2) is 0 Å². The van der Waals surface area contributed by atoms with Crippen molar-refractivity contribution >= 4 is 11.3 Å². The molecule has 0 aliphatic heterocycles. The third kappa shape index (κ3) is 3.17. The molecular formula is C16H20O2S. The topological polar surface area (TPSA) is 29.5 Å². The quantitative estimate of drug-likeness (QED) is 0.911. The monoisotopic (exact) mass is 276 g/mol. The lowest BCUT2D eigenvalue weighted by molar-refractivity contribution is 0.106. The molecule has 1 aromatic carbocycles. The van der Waals surface area contributed by atoms with Crippen molar-refractivity contribution in [2.24, 2.45) is 0 Å². The Bertz CT molecular complexity index is 538. The lowest BCUT2D eigenvalue weighted by Crippen LogP contribution is -2.21. The van der Waals surface area contributed by atoms with E-state index >= 15 is 0 Å². The molecule has 2 rings (SSSR count). The van der Waals surface area contributed by atoms with E-state index in [-0.39, 0.29) is 6.10 Å². The number of hydrogen-bond donors (Lipinski definition) is 1. The SMILES string of the molecule is Cc1ccc(C(C)(O)c2ccc(OC(C)C)cc2)s1. The maximum atomic E-state index is 10.7. The number of aryl methyl sites for hydroxylation is 1. The number of hydrogen-bond acceptors (Lipinski definition) is 3. The molecule has 2 nitrogen and oxygen atoms in total. The van der Waals surface area contributed by atoms with Crippen LogP contribution in [0.4, 0.5) is 0 Å². The summed E-state index contributed by atoms with van der Waals surface area (Å²) in [5.41, 5.74) is -0.0691. The molecular weight excluding hydrogens is 256 g/mol. The molecule has 1 aromatic heterocycles. The highest BCUT2D eigenvalue weighted by Crippen LogP contribution is 2.34. The zero-order valence-corrected chi connectivity index (χ0v) is 12.6. The van der Waals surface area contributed by atoms with Gasteiger partial charge in [0.25, 0.3) is 0 Å². The van der Waals surface area contributed by atoms with E-state index in [2.05, 4.69) is 0 Å². The van der Waals surface area contributed by atoms with Crippen LogP contribution in [0.3, 0.4) is 0 Å². The van der Waals surface area contributed by atoms with Gasteiger partial charge in [-0.1, -0.05) is 12.1 Å². The van der Waals surface area contributed by atoms with E-state index in [0.717, 1.165) is 16.2 Å². The minimum Gasteiger partial charge on any atom is -0.491 e. The van der Waals surface area contributed by atoms with Gasteiger partial charge in [0.15, 0.2) is 0 Å². The fraction of sp³-hybridized carbons (Fsp3) is 0.375. The molecule has 0 saturated heterocycles. The van der Waals surface area contributed by atoms with Crippen molar-refractivity contribution in [3.63, 3.8) is 0 Å². The lowest BCUT2D eigenvalue weighted by Gasteiger charge is -2.23. The molecule has 1 atom stereocenters. The Hall–Kier alpha value is -1.32. The molecule has 1 heterocycles. The van der Waals surface area contributed by atoms with Crippen LogP contribution in [-0.4, -0.2) is 11.2 Å². The first kappa shape index (κ1) is 14.1. The molecule has 0 radical (unpaired) electrons. The van der Waals surface area contributed by atoms with Gasteiger partial charge in [0, 0.05) is 9.75 Å². The second kappa shape index (κ2) is 5.35. The summed E-state index contributed by atoms with van der Waals surface area (Å²) in [6.45, 7) is 7.87. The van der Waals surface area contributed by atoms with Gasteiger partial charge in [0.05, 0.1) is 6.10 Å². The van der Waals surface area contributed by atoms with Crippen LogP contribution >= 0.6 is 11.3 Å². The first-order valence-corrected chi connectivity index (χ1v) is 7.27. The summed E-state index contributed by atoms with van der Waals surface area (Å²) < 4.78 is 5.61. The van der Waals surface area contributed by atoms with Gasteiger partial charge in [-0.2, -0.15) is 0 Å². The predicted molar refractivity (Wildman–Crippen MR) is 79.9 cm³/mol. The summed E-state index contributed by atoms with van der Waals surface area (Å²) in [6.07, 6.45) is 0.159. The van der Waals surface area contributed by atoms with E-state index < -0.39 is 5.60 Å². The second-order valence-corrected chi connectivity index (χ2v) is 6.46. The fourth-order valence-electron chi connectivity index (χ4n) is 1.97. The van der Waals surface area contributed by atoms with Crippen molar-refractivity contribution < 1.29 is 9.84 Å². The van der Waals surface area contributed by atoms with Crippen LogP contribution < -0.4 is 4.74 Å². The Labute approximate surface area is 118 Å². The molecule has 0 bridgehead atoms. The van der Waals surface area contributed by atoms with Crippen molar-refractivity contribution in [2.75, 3.05) is 0 Å². The highest BCUT2D eigenvalue weighted by atomic mass is 32.1. The van der Waals surface area contributed by atoms with Crippen molar-refractivity contribution in [2.45, 2.75) is 39.4 Å². The van der Waals surface area contributed by atoms with Crippen LogP contribution in [0.2, 0.25) is 0 Å². The largest absolute Gasteiger partial charge is 0.491 e. The Morgan fingerprint density at radius 1 is 1.11 bits per heavy atom. The third-order valence-corrected chi connectivity index (χ3v) is 4.22. The summed E-state index contributed by atoms with van der Waals surface area (Å²) in [4.78, 5) is 2.16. The first-order chi connectivity index (χ1) is 8.89. The average molecular weight is 276 g/mol. The first-order valence-electron chi connectivity index (χ1n) is 6.46. The van der Waals surface area contributed by atoms with Gasteiger partial charge >= 0.3 is 0 Å². The van der Waals surface area contributed by atoms with Crippen molar-refractivity contribution in [3.8, 4) is 5.75 Å². The number of ether oxygens (including phenoxy) is 1. The van der Waals surface area contributed by atoms with E-state index in [1.807, 2.05) is 64.1 Å². The fourth-order valence-corrected chi connectivity index (χ4v) is 2.90. The minimum atomic E-state index is -0.949. The van der Waals surface area contributed by atoms with Gasteiger partial charge in [-0.3, -0.25) is 0 Å². The van der Waals surface area contributed by atoms with E-state index in [1.165, 1.54) is 4.88 Å². The molecule has 0 spiro atoms. The zero-order chi connectivity index (χ0) is 14.0. The van der Waals surface area contributed by atoms with Crippen LogP contribution in [0.5, 0.6) is 5.75 Å². The Kier molecular flexibility index (Phi) is 3.97. The highest BCUT2D eigenvalue weighted by molar-refractivity contribution is 7.12. The molecule has 0 amide bonds. The van der Waals surface area contributed by atoms with Gasteiger partial charge in [0.1, 0.15) is 11.4 Å². The van der Waals surface area contributed by atoms with Gasteiger partial charge < -0.3 is 9.84 Å². The summed E-state index contributed by atoms with van der Waals surface area (Å²) in [7, 11) is 0. The molecule has 102 valence electrons. The van der Waals surface area contributed by atoms with Crippen molar-refractivity contribution in [1.29, 1.82) is 0 Å². The van der Waals surface area contributed by atoms with Crippen LogP contribution in [-0.2, 0) is 5.60 Å². The van der Waals surface area contributed by atoms with Crippen molar-refractivity contribution in [3.05, 3.63) is 51.7 Å². The number of thiophene rings is 1. The number of benzene rings is 1. The Morgan fingerprint density at radius 2 is 1.74 bits per heavy atom. The van der Waals surface area contributed by atoms with E-state index in [1.54, 1.807) is 11.3 Å². The normalized spacial score (nSPS) is 14.4. The molecule has 1 unspecified atom stereocenters. The predicted octanol–water partition coefficient (Wildman–Crippen LogP) is 4.10. The molecule has 0 aliphatic carbocycles. The van der Waals surface area contributed by atoms with Crippen LogP contribution in [0, 0.1) is 6.92 Å². The lowest BCUT2D eigenvalue weighted by atomic mass is 9.94. The highest BCUT2D eigenvalue weighted by Gasteiger charge is 2.27. The summed E-state index contributed by atoms with van der Waals surface area (Å²) in [5, 5.41) is 10.7. The average Bonchev–Trinajstić information content (AvgIpc) is 2.76. The van der Waals surface area contributed by atoms with Crippen LogP contribution in [0.15, 0.2) is 36.4 Å². The molecule has 2 aromatic rings. The van der Waals surface area contributed by atoms with Gasteiger partial charge in [-0.15, -0.1) is 11.3 Å². The Morgan fingerprint density at radius 3 is 2.21 bits per heavy atom. The summed E-state index contributed by atoms with van der Waals surface area (Å²) in [6, 6.07) is 11.7. The Balaban J connectivity index is 2.26. The van der Waals surface area contributed by atoms with Crippen molar-refractivity contribution in [1.82, 2.24) is 0 Å². The molecule has 19 heavy (non-hydrogen) atoms. The molecule has 0 aliphatic rings. The summed E-state index contributed by atoms with van der Waals surface area (Å²) in [5.74, 6) is 0.830. The molecule has 3 heteroatoms. The maximum Gasteiger partial charge on any atom is 0.121 e. The smallest absolute Gasteiger partial charge is 0.121 e. The summed E-state index contributed by atoms with van der Waals surface area (Å²) >= 11 is 1.62. The minimum absolute atomic E-state index is 0.159. The standard InChI is InChI=1S/C16H20O2S/c1-11(2)18-14-8-6-13(7-9-14)16(4,17)15-10-5-12(3)19-15/h5-11,17H,1-4H3. The van der Waals surface area contributed by atoms with E-state index in [9.17, 15) is 5.11 Å². The van der Waals surface area contributed by atoms with E-state index in [4.69, 9.17) is 4.74 Å². The van der Waals surface area contributed by atoms with Gasteiger partial charge in [0.2, 0.25) is 0 Å². The van der Waals surface area contributed by atoms with E-state index in [0.29, 0.717) is 0 Å². The zero-order valence-electron chi connectivity index (χ0n) is 11.8. The molecule has 0 fully saturated rings. The van der Waals surface area contributed by atoms with Crippen LogP contribution in [0.25, 0.3) is 0 Å². The second-order valence-electron chi connectivity index (χ2n) is 5.17. The number of aliphatic hydroxyl groups is 1. The van der Waals surface area contributed by atoms with Gasteiger partial charge in [-0.05, 0) is 57.5 Å². The number of rotatable bonds is 4. The van der Waals surface area contributed by atoms with Crippen LogP contribution in [0.1, 0.15) is 36.1 Å². The molecule has 1 N–H and O–H groups in total. The molecule has 0 saturated carbocycles. The third-order valence-electron chi connectivity index (χ3n) is 3.01.